The van der Waals surface area contributed by atoms with Crippen LogP contribution in [0.5, 0.6) is 0 Å². The molecule has 4 nitrogen and oxygen atoms in total. The molecule has 0 bridgehead atoms. The molecule has 0 radical (unpaired) electrons. The molecule has 2 aromatic rings. The number of nitriles is 1. The van der Waals surface area contributed by atoms with E-state index in [0.29, 0.717) is 16.5 Å². The number of halogens is 1. The van der Waals surface area contributed by atoms with E-state index in [-0.39, 0.29) is 6.04 Å². The van der Waals surface area contributed by atoms with E-state index in [1.807, 2.05) is 19.1 Å². The summed E-state index contributed by atoms with van der Waals surface area (Å²) in [6, 6.07) is 9.53. The lowest BCUT2D eigenvalue weighted by molar-refractivity contribution is 0.878. The van der Waals surface area contributed by atoms with Gasteiger partial charge >= 0.3 is 0 Å². The van der Waals surface area contributed by atoms with Crippen LogP contribution in [-0.2, 0) is 0 Å². The highest BCUT2D eigenvalue weighted by molar-refractivity contribution is 6.99. The highest BCUT2D eigenvalue weighted by Crippen LogP contribution is 2.23. The number of hydrogen-bond donors (Lipinski definition) is 1. The van der Waals surface area contributed by atoms with Crippen LogP contribution in [-0.4, -0.2) is 8.75 Å². The van der Waals surface area contributed by atoms with Gasteiger partial charge in [-0.15, -0.1) is 0 Å². The van der Waals surface area contributed by atoms with Crippen LogP contribution in [0, 0.1) is 11.3 Å². The van der Waals surface area contributed by atoms with Crippen LogP contribution in [0.1, 0.15) is 24.1 Å². The fourth-order valence-corrected chi connectivity index (χ4v) is 2.06. The van der Waals surface area contributed by atoms with Crippen molar-refractivity contribution in [2.24, 2.45) is 0 Å². The van der Waals surface area contributed by atoms with Gasteiger partial charge in [-0.05, 0) is 24.6 Å². The van der Waals surface area contributed by atoms with Crippen molar-refractivity contribution >= 4 is 29.1 Å². The second kappa shape index (κ2) is 5.13. The summed E-state index contributed by atoms with van der Waals surface area (Å²) in [7, 11) is 0. The van der Waals surface area contributed by atoms with Crippen LogP contribution in [0.15, 0.2) is 24.3 Å². The Balaban J connectivity index is 2.12. The normalized spacial score (nSPS) is 11.8. The van der Waals surface area contributed by atoms with Gasteiger partial charge in [0.2, 0.25) is 0 Å². The number of benzene rings is 1. The summed E-state index contributed by atoms with van der Waals surface area (Å²) < 4.78 is 7.93. The number of nitrogens with zero attached hydrogens (tertiary/aromatic N) is 3. The predicted molar refractivity (Wildman–Crippen MR) is 68.1 cm³/mol. The maximum Gasteiger partial charge on any atom is 0.186 e. The third-order valence-electron chi connectivity index (χ3n) is 2.34. The Morgan fingerprint density at radius 2 is 2.06 bits per heavy atom. The lowest BCUT2D eigenvalue weighted by atomic mass is 10.1. The molecule has 1 heterocycles. The molecule has 1 unspecified atom stereocenters. The van der Waals surface area contributed by atoms with Crippen molar-refractivity contribution in [3.63, 3.8) is 0 Å². The SMILES string of the molecule is CC(Nc1nsnc1Cl)c1ccc(C#N)cc1. The number of rotatable bonds is 3. The van der Waals surface area contributed by atoms with E-state index in [1.165, 1.54) is 0 Å². The summed E-state index contributed by atoms with van der Waals surface area (Å²) in [5.74, 6) is 0.591. The monoisotopic (exact) mass is 264 g/mol. The first-order valence-electron chi connectivity index (χ1n) is 4.95. The number of nitrogens with one attached hydrogen (secondary N) is 1. The van der Waals surface area contributed by atoms with Crippen molar-refractivity contribution in [3.05, 3.63) is 40.5 Å². The molecule has 0 aliphatic rings. The minimum atomic E-state index is 0.0594. The van der Waals surface area contributed by atoms with Crippen LogP contribution in [0.25, 0.3) is 0 Å². The second-order valence-electron chi connectivity index (χ2n) is 3.50. The lowest BCUT2D eigenvalue weighted by Crippen LogP contribution is -2.07. The van der Waals surface area contributed by atoms with Crippen molar-refractivity contribution in [1.29, 1.82) is 5.26 Å². The molecule has 1 N–H and O–H groups in total. The molecule has 0 saturated carbocycles. The van der Waals surface area contributed by atoms with Gasteiger partial charge in [0.05, 0.1) is 29.4 Å². The van der Waals surface area contributed by atoms with E-state index in [2.05, 4.69) is 20.1 Å². The van der Waals surface area contributed by atoms with Crippen molar-refractivity contribution < 1.29 is 0 Å². The number of hydrogen-bond acceptors (Lipinski definition) is 5. The first kappa shape index (κ1) is 11.8. The maximum atomic E-state index is 8.71. The number of anilines is 1. The molecule has 1 atom stereocenters. The molecular weight excluding hydrogens is 256 g/mol. The molecule has 17 heavy (non-hydrogen) atoms. The average molecular weight is 265 g/mol. The van der Waals surface area contributed by atoms with E-state index < -0.39 is 0 Å². The summed E-state index contributed by atoms with van der Waals surface area (Å²) in [4.78, 5) is 0. The van der Waals surface area contributed by atoms with Crippen LogP contribution in [0.2, 0.25) is 5.15 Å². The first-order valence-corrected chi connectivity index (χ1v) is 6.06. The Morgan fingerprint density at radius 3 is 2.59 bits per heavy atom. The Kier molecular flexibility index (Phi) is 3.57. The van der Waals surface area contributed by atoms with Gasteiger partial charge in [-0.3, -0.25) is 0 Å². The molecule has 0 spiro atoms. The van der Waals surface area contributed by atoms with Crippen molar-refractivity contribution in [2.45, 2.75) is 13.0 Å². The molecule has 1 aromatic heterocycles. The Labute approximate surface area is 108 Å². The van der Waals surface area contributed by atoms with Gasteiger partial charge in [0.15, 0.2) is 11.0 Å². The fraction of sp³-hybridized carbons (Fsp3) is 0.182. The lowest BCUT2D eigenvalue weighted by Gasteiger charge is -2.13. The van der Waals surface area contributed by atoms with Gasteiger partial charge in [-0.1, -0.05) is 23.7 Å². The maximum absolute atomic E-state index is 8.71. The Bertz CT molecular complexity index is 543. The van der Waals surface area contributed by atoms with Crippen LogP contribution < -0.4 is 5.32 Å². The molecule has 0 amide bonds. The van der Waals surface area contributed by atoms with E-state index >= 15 is 0 Å². The largest absolute Gasteiger partial charge is 0.360 e. The van der Waals surface area contributed by atoms with Crippen LogP contribution >= 0.6 is 23.3 Å². The van der Waals surface area contributed by atoms with Gasteiger partial charge in [0.1, 0.15) is 0 Å². The van der Waals surface area contributed by atoms with Crippen molar-refractivity contribution in [2.75, 3.05) is 5.32 Å². The Hall–Kier alpha value is -1.64. The van der Waals surface area contributed by atoms with Gasteiger partial charge in [0, 0.05) is 0 Å². The topological polar surface area (TPSA) is 61.6 Å². The van der Waals surface area contributed by atoms with Gasteiger partial charge in [-0.2, -0.15) is 14.0 Å². The molecule has 0 aliphatic heterocycles. The third-order valence-corrected chi connectivity index (χ3v) is 3.23. The van der Waals surface area contributed by atoms with Crippen LogP contribution in [0.3, 0.4) is 0 Å². The molecule has 6 heteroatoms. The summed E-state index contributed by atoms with van der Waals surface area (Å²) in [5, 5.41) is 12.3. The van der Waals surface area contributed by atoms with E-state index in [4.69, 9.17) is 16.9 Å². The predicted octanol–water partition coefficient (Wildman–Crippen LogP) is 3.24. The highest BCUT2D eigenvalue weighted by Gasteiger charge is 2.10. The quantitative estimate of drug-likeness (QED) is 0.924. The van der Waals surface area contributed by atoms with Gasteiger partial charge < -0.3 is 5.32 Å². The summed E-state index contributed by atoms with van der Waals surface area (Å²) in [6.45, 7) is 2.00. The minimum absolute atomic E-state index is 0.0594. The van der Waals surface area contributed by atoms with Crippen molar-refractivity contribution in [3.8, 4) is 6.07 Å². The molecule has 2 rings (SSSR count). The van der Waals surface area contributed by atoms with Crippen molar-refractivity contribution in [1.82, 2.24) is 8.75 Å². The molecule has 0 aliphatic carbocycles. The second-order valence-corrected chi connectivity index (χ2v) is 4.39. The van der Waals surface area contributed by atoms with E-state index in [9.17, 15) is 0 Å². The highest BCUT2D eigenvalue weighted by atomic mass is 35.5. The fourth-order valence-electron chi connectivity index (χ4n) is 1.40. The molecular formula is C11H9ClN4S. The number of aromatic nitrogens is 2. The van der Waals surface area contributed by atoms with Gasteiger partial charge in [0.25, 0.3) is 0 Å². The smallest absolute Gasteiger partial charge is 0.186 e. The minimum Gasteiger partial charge on any atom is -0.360 e. The molecule has 86 valence electrons. The van der Waals surface area contributed by atoms with E-state index in [0.717, 1.165) is 17.3 Å². The molecule has 0 fully saturated rings. The molecule has 1 aromatic carbocycles. The zero-order valence-corrected chi connectivity index (χ0v) is 10.6. The van der Waals surface area contributed by atoms with Crippen LogP contribution in [0.4, 0.5) is 5.82 Å². The Morgan fingerprint density at radius 1 is 1.35 bits per heavy atom. The van der Waals surface area contributed by atoms with Gasteiger partial charge in [-0.25, -0.2) is 0 Å². The summed E-state index contributed by atoms with van der Waals surface area (Å²) in [5.41, 5.74) is 1.71. The standard InChI is InChI=1S/C11H9ClN4S/c1-7(14-11-10(12)15-17-16-11)9-4-2-8(6-13)3-5-9/h2-5,7H,1H3,(H,14,16). The van der Waals surface area contributed by atoms with E-state index in [1.54, 1.807) is 12.1 Å². The summed E-state index contributed by atoms with van der Waals surface area (Å²) in [6.07, 6.45) is 0. The first-order chi connectivity index (χ1) is 8.20. The molecule has 0 saturated heterocycles. The zero-order chi connectivity index (χ0) is 12.3. The zero-order valence-electron chi connectivity index (χ0n) is 9.01. The summed E-state index contributed by atoms with van der Waals surface area (Å²) >= 11 is 6.92. The third kappa shape index (κ3) is 2.73. The average Bonchev–Trinajstić information content (AvgIpc) is 2.75.